The van der Waals surface area contributed by atoms with Gasteiger partial charge in [0.2, 0.25) is 11.9 Å². The number of anilines is 3. The molecule has 0 bridgehead atoms. The van der Waals surface area contributed by atoms with Gasteiger partial charge in [0.05, 0.1) is 5.56 Å². The van der Waals surface area contributed by atoms with Crippen molar-refractivity contribution in [3.05, 3.63) is 54.1 Å². The zero-order valence-corrected chi connectivity index (χ0v) is 21.2. The fourth-order valence-electron chi connectivity index (χ4n) is 2.91. The number of aliphatic carboxylic acids is 1. The Kier molecular flexibility index (Phi) is 8.81. The zero-order chi connectivity index (χ0) is 27.9. The maximum absolute atomic E-state index is 12.8. The molecule has 0 spiro atoms. The summed E-state index contributed by atoms with van der Waals surface area (Å²) in [6, 6.07) is 10.9. The smallest absolute Gasteiger partial charge is 0.416 e. The first-order chi connectivity index (χ1) is 17.8. The van der Waals surface area contributed by atoms with Crippen LogP contribution in [0.5, 0.6) is 17.5 Å². The second-order valence-electron chi connectivity index (χ2n) is 8.85. The van der Waals surface area contributed by atoms with Gasteiger partial charge in [0.25, 0.3) is 0 Å². The first-order valence-corrected chi connectivity index (χ1v) is 11.6. The van der Waals surface area contributed by atoms with E-state index >= 15 is 0 Å². The number of carboxylic acids is 1. The summed E-state index contributed by atoms with van der Waals surface area (Å²) in [7, 11) is 0. The van der Waals surface area contributed by atoms with Crippen LogP contribution in [0, 0.1) is 0 Å². The highest BCUT2D eigenvalue weighted by molar-refractivity contribution is 5.76. The normalized spacial score (nSPS) is 11.7. The van der Waals surface area contributed by atoms with E-state index in [1.165, 1.54) is 26.0 Å². The minimum atomic E-state index is -4.43. The number of ether oxygens (including phenoxy) is 3. The zero-order valence-electron chi connectivity index (χ0n) is 21.2. The number of hydrogen-bond acceptors (Lipinski definition) is 9. The molecular formula is C25H28F3N5O5. The maximum Gasteiger partial charge on any atom is 0.416 e. The summed E-state index contributed by atoms with van der Waals surface area (Å²) in [5.41, 5.74) is -1.78. The lowest BCUT2D eigenvalue weighted by atomic mass is 10.1. The number of nitrogens with one attached hydrogen (secondary N) is 2. The van der Waals surface area contributed by atoms with Crippen LogP contribution in [0.3, 0.4) is 0 Å². The predicted molar refractivity (Wildman–Crippen MR) is 133 cm³/mol. The Morgan fingerprint density at radius 1 is 0.895 bits per heavy atom. The molecule has 0 amide bonds. The number of carbonyl (C=O) groups is 1. The number of aromatic nitrogens is 3. The Bertz CT molecular complexity index is 1220. The van der Waals surface area contributed by atoms with Gasteiger partial charge in [-0.1, -0.05) is 0 Å². The Morgan fingerprint density at radius 2 is 1.47 bits per heavy atom. The first kappa shape index (κ1) is 28.3. The third-order valence-electron chi connectivity index (χ3n) is 4.80. The Morgan fingerprint density at radius 3 is 2.05 bits per heavy atom. The monoisotopic (exact) mass is 535 g/mol. The molecule has 0 saturated heterocycles. The summed E-state index contributed by atoms with van der Waals surface area (Å²) in [6.07, 6.45) is -4.43. The summed E-state index contributed by atoms with van der Waals surface area (Å²) in [5, 5.41) is 15.0. The van der Waals surface area contributed by atoms with Crippen LogP contribution in [0.15, 0.2) is 48.5 Å². The lowest BCUT2D eigenvalue weighted by Gasteiger charge is -2.21. The molecule has 0 radical (unpaired) electrons. The molecule has 0 aliphatic carbocycles. The highest BCUT2D eigenvalue weighted by Crippen LogP contribution is 2.30. The van der Waals surface area contributed by atoms with Crippen molar-refractivity contribution < 1.29 is 37.3 Å². The number of alkyl halides is 3. The predicted octanol–water partition coefficient (Wildman–Crippen LogP) is 5.15. The van der Waals surface area contributed by atoms with Crippen molar-refractivity contribution in [3.8, 4) is 17.5 Å². The summed E-state index contributed by atoms with van der Waals surface area (Å²) >= 11 is 0. The third kappa shape index (κ3) is 8.39. The van der Waals surface area contributed by atoms with E-state index in [4.69, 9.17) is 19.3 Å². The minimum absolute atomic E-state index is 0.000488. The molecule has 0 fully saturated rings. The molecule has 38 heavy (non-hydrogen) atoms. The van der Waals surface area contributed by atoms with Gasteiger partial charge in [0.1, 0.15) is 24.7 Å². The van der Waals surface area contributed by atoms with Gasteiger partial charge in [0, 0.05) is 11.7 Å². The Balaban J connectivity index is 1.60. The van der Waals surface area contributed by atoms with E-state index in [2.05, 4.69) is 25.6 Å². The van der Waals surface area contributed by atoms with Crippen LogP contribution in [0.1, 0.15) is 33.3 Å². The number of benzene rings is 2. The fraction of sp³-hybridized carbons (Fsp3) is 0.360. The van der Waals surface area contributed by atoms with Gasteiger partial charge in [-0.05, 0) is 76.2 Å². The molecule has 3 N–H and O–H groups in total. The molecule has 2 aromatic carbocycles. The van der Waals surface area contributed by atoms with Gasteiger partial charge < -0.3 is 30.0 Å². The van der Waals surface area contributed by atoms with E-state index in [0.29, 0.717) is 17.2 Å². The van der Waals surface area contributed by atoms with Crippen LogP contribution in [0.4, 0.5) is 30.8 Å². The van der Waals surface area contributed by atoms with Crippen LogP contribution < -0.4 is 24.8 Å². The van der Waals surface area contributed by atoms with Gasteiger partial charge >= 0.3 is 18.2 Å². The highest BCUT2D eigenvalue weighted by atomic mass is 19.4. The van der Waals surface area contributed by atoms with Crippen LogP contribution >= 0.6 is 0 Å². The van der Waals surface area contributed by atoms with Crippen molar-refractivity contribution in [2.75, 3.05) is 23.8 Å². The number of hydrogen-bond donors (Lipinski definition) is 3. The topological polar surface area (TPSA) is 128 Å². The van der Waals surface area contributed by atoms with Crippen molar-refractivity contribution in [1.29, 1.82) is 0 Å². The van der Waals surface area contributed by atoms with Gasteiger partial charge in [-0.2, -0.15) is 28.1 Å². The molecule has 1 heterocycles. The lowest BCUT2D eigenvalue weighted by Crippen LogP contribution is -2.37. The number of halogens is 3. The first-order valence-electron chi connectivity index (χ1n) is 11.6. The average Bonchev–Trinajstić information content (AvgIpc) is 2.82. The van der Waals surface area contributed by atoms with E-state index in [1.807, 2.05) is 13.8 Å². The average molecular weight is 536 g/mol. The van der Waals surface area contributed by atoms with Crippen LogP contribution in [0.2, 0.25) is 0 Å². The molecule has 3 rings (SSSR count). The molecule has 204 valence electrons. The summed E-state index contributed by atoms with van der Waals surface area (Å²) in [6.45, 7) is 6.89. The Labute approximate surface area is 217 Å². The van der Waals surface area contributed by atoms with Crippen LogP contribution in [0.25, 0.3) is 0 Å². The van der Waals surface area contributed by atoms with Gasteiger partial charge in [0.15, 0.2) is 5.60 Å². The molecule has 0 aliphatic heterocycles. The maximum atomic E-state index is 12.8. The van der Waals surface area contributed by atoms with Crippen LogP contribution in [-0.4, -0.2) is 50.9 Å². The second-order valence-corrected chi connectivity index (χ2v) is 8.85. The molecule has 10 nitrogen and oxygen atoms in total. The molecule has 0 unspecified atom stereocenters. The minimum Gasteiger partial charge on any atom is -0.490 e. The molecular weight excluding hydrogens is 507 g/mol. The van der Waals surface area contributed by atoms with E-state index in [-0.39, 0.29) is 37.2 Å². The SMILES string of the molecule is CC(C)Nc1nc(Nc2ccc(C(F)(F)F)cc2)nc(OCCOc2ccc(OC(C)(C)C(=O)O)cc2)n1. The molecule has 0 aliphatic rings. The van der Waals surface area contributed by atoms with Crippen molar-refractivity contribution in [1.82, 2.24) is 15.0 Å². The molecule has 0 atom stereocenters. The fourth-order valence-corrected chi connectivity index (χ4v) is 2.91. The van der Waals surface area contributed by atoms with Gasteiger partial charge in [-0.25, -0.2) is 4.79 Å². The lowest BCUT2D eigenvalue weighted by molar-refractivity contribution is -0.152. The summed E-state index contributed by atoms with van der Waals surface area (Å²) in [4.78, 5) is 23.8. The second kappa shape index (κ2) is 11.8. The number of nitrogens with zero attached hydrogens (tertiary/aromatic N) is 3. The summed E-state index contributed by atoms with van der Waals surface area (Å²) < 4.78 is 55.1. The van der Waals surface area contributed by atoms with E-state index < -0.39 is 23.3 Å². The van der Waals surface area contributed by atoms with Gasteiger partial charge in [-0.3, -0.25) is 0 Å². The van der Waals surface area contributed by atoms with E-state index in [9.17, 15) is 18.0 Å². The molecule has 13 heteroatoms. The van der Waals surface area contributed by atoms with Gasteiger partial charge in [-0.15, -0.1) is 0 Å². The van der Waals surface area contributed by atoms with Crippen molar-refractivity contribution >= 4 is 23.6 Å². The van der Waals surface area contributed by atoms with E-state index in [0.717, 1.165) is 12.1 Å². The quantitative estimate of drug-likeness (QED) is 0.268. The standard InChI is InChI=1S/C25H28F3N5O5/c1-15(2)29-21-31-22(30-17-7-5-16(6-8-17)25(26,27)28)33-23(32-21)37-14-13-36-18-9-11-19(12-10-18)38-24(3,4)20(34)35/h5-12,15H,13-14H2,1-4H3,(H,34,35)(H2,29,30,31,32,33). The van der Waals surface area contributed by atoms with Crippen LogP contribution in [-0.2, 0) is 11.0 Å². The van der Waals surface area contributed by atoms with Crippen molar-refractivity contribution in [3.63, 3.8) is 0 Å². The molecule has 0 saturated carbocycles. The largest absolute Gasteiger partial charge is 0.490 e. The third-order valence-corrected chi connectivity index (χ3v) is 4.80. The summed E-state index contributed by atoms with van der Waals surface area (Å²) in [5.74, 6) is 0.109. The van der Waals surface area contributed by atoms with Crippen molar-refractivity contribution in [2.45, 2.75) is 45.5 Å². The number of rotatable bonds is 12. The van der Waals surface area contributed by atoms with Crippen molar-refractivity contribution in [2.24, 2.45) is 0 Å². The highest BCUT2D eigenvalue weighted by Gasteiger charge is 2.30. The number of carboxylic acid groups (broad SMARTS) is 1. The van der Waals surface area contributed by atoms with E-state index in [1.54, 1.807) is 24.3 Å². The molecule has 3 aromatic rings. The molecule has 1 aromatic heterocycles. The Hall–Kier alpha value is -4.29.